The van der Waals surface area contributed by atoms with Gasteiger partial charge < -0.3 is 19.7 Å². The summed E-state index contributed by atoms with van der Waals surface area (Å²) in [5.74, 6) is 0.703. The van der Waals surface area contributed by atoms with E-state index in [-0.39, 0.29) is 18.4 Å². The van der Waals surface area contributed by atoms with Crippen LogP contribution >= 0.6 is 0 Å². The van der Waals surface area contributed by atoms with Crippen LogP contribution in [0.4, 0.5) is 0 Å². The van der Waals surface area contributed by atoms with Gasteiger partial charge in [-0.25, -0.2) is 0 Å². The van der Waals surface area contributed by atoms with Crippen LogP contribution < -0.4 is 14.8 Å². The number of amides is 2. The summed E-state index contributed by atoms with van der Waals surface area (Å²) in [4.78, 5) is 25.7. The molecule has 1 aliphatic heterocycles. The summed E-state index contributed by atoms with van der Waals surface area (Å²) in [5, 5.41) is 2.76. The molecule has 0 aliphatic carbocycles. The van der Waals surface area contributed by atoms with Crippen LogP contribution in [0, 0.1) is 0 Å². The van der Waals surface area contributed by atoms with E-state index in [2.05, 4.69) is 5.32 Å². The van der Waals surface area contributed by atoms with Crippen LogP contribution in [0.15, 0.2) is 24.3 Å². The van der Waals surface area contributed by atoms with Gasteiger partial charge >= 0.3 is 0 Å². The molecular weight excluding hydrogens is 272 g/mol. The topological polar surface area (TPSA) is 67.9 Å². The zero-order valence-corrected chi connectivity index (χ0v) is 12.5. The third kappa shape index (κ3) is 3.09. The summed E-state index contributed by atoms with van der Waals surface area (Å²) >= 11 is 0. The molecule has 0 saturated carbocycles. The average Bonchev–Trinajstić information content (AvgIpc) is 2.47. The summed E-state index contributed by atoms with van der Waals surface area (Å²) in [5.41, 5.74) is -0.862. The Bertz CT molecular complexity index is 542. The lowest BCUT2D eigenvalue weighted by molar-refractivity contribution is -0.150. The van der Waals surface area contributed by atoms with Crippen LogP contribution in [0.25, 0.3) is 0 Å². The molecule has 0 radical (unpaired) electrons. The molecule has 0 atom stereocenters. The van der Waals surface area contributed by atoms with Crippen LogP contribution in [0.1, 0.15) is 13.8 Å². The number of hydrogen-bond donors (Lipinski definition) is 1. The van der Waals surface area contributed by atoms with Crippen LogP contribution in [0.2, 0.25) is 0 Å². The van der Waals surface area contributed by atoms with Crippen molar-refractivity contribution < 1.29 is 19.1 Å². The molecule has 1 heterocycles. The lowest BCUT2D eigenvalue weighted by atomic mass is 9.99. The molecule has 0 unspecified atom stereocenters. The van der Waals surface area contributed by atoms with Gasteiger partial charge in [0.1, 0.15) is 5.54 Å². The average molecular weight is 292 g/mol. The number of carbonyl (C=O) groups is 2. The molecule has 6 nitrogen and oxygen atoms in total. The van der Waals surface area contributed by atoms with Gasteiger partial charge in [-0.2, -0.15) is 0 Å². The molecule has 0 aromatic heterocycles. The minimum absolute atomic E-state index is 0.128. The van der Waals surface area contributed by atoms with Crippen molar-refractivity contribution in [1.82, 2.24) is 10.2 Å². The molecule has 6 heteroatoms. The lowest BCUT2D eigenvalue weighted by Crippen LogP contribution is -2.64. The summed E-state index contributed by atoms with van der Waals surface area (Å²) in [7, 11) is 1.54. The fourth-order valence-electron chi connectivity index (χ4n) is 2.29. The number of para-hydroxylation sites is 2. The normalized spacial score (nSPS) is 17.1. The van der Waals surface area contributed by atoms with E-state index in [0.717, 1.165) is 0 Å². The zero-order chi connectivity index (χ0) is 15.5. The maximum Gasteiger partial charge on any atom is 0.261 e. The monoisotopic (exact) mass is 292 g/mol. The molecule has 0 spiro atoms. The van der Waals surface area contributed by atoms with E-state index in [1.165, 1.54) is 0 Å². The van der Waals surface area contributed by atoms with Gasteiger partial charge in [-0.15, -0.1) is 0 Å². The van der Waals surface area contributed by atoms with Crippen LogP contribution in [0.3, 0.4) is 0 Å². The number of ether oxygens (including phenoxy) is 2. The number of rotatable bonds is 4. The van der Waals surface area contributed by atoms with Crippen molar-refractivity contribution in [2.24, 2.45) is 0 Å². The van der Waals surface area contributed by atoms with E-state index in [9.17, 15) is 9.59 Å². The van der Waals surface area contributed by atoms with Crippen LogP contribution in [0.5, 0.6) is 11.5 Å². The fraction of sp³-hybridized carbons (Fsp3) is 0.467. The second kappa shape index (κ2) is 6.03. The van der Waals surface area contributed by atoms with Crippen molar-refractivity contribution in [3.8, 4) is 11.5 Å². The Balaban J connectivity index is 2.03. The second-order valence-electron chi connectivity index (χ2n) is 5.30. The number of hydrogen-bond acceptors (Lipinski definition) is 4. The molecule has 1 fully saturated rings. The Hall–Kier alpha value is -2.24. The van der Waals surface area contributed by atoms with E-state index >= 15 is 0 Å². The fourth-order valence-corrected chi connectivity index (χ4v) is 2.29. The van der Waals surface area contributed by atoms with Crippen LogP contribution in [-0.4, -0.2) is 49.1 Å². The molecule has 2 amide bonds. The van der Waals surface area contributed by atoms with Crippen molar-refractivity contribution in [1.29, 1.82) is 0 Å². The first-order valence-electron chi connectivity index (χ1n) is 6.81. The third-order valence-electron chi connectivity index (χ3n) is 3.57. The first-order valence-corrected chi connectivity index (χ1v) is 6.81. The van der Waals surface area contributed by atoms with E-state index in [1.807, 2.05) is 6.07 Å². The SMILES string of the molecule is COc1ccccc1OCC(=O)N1CCNC(=O)C1(C)C. The summed E-state index contributed by atoms with van der Waals surface area (Å²) in [6.07, 6.45) is 0. The van der Waals surface area contributed by atoms with Gasteiger partial charge in [-0.3, -0.25) is 9.59 Å². The standard InChI is InChI=1S/C15H20N2O4/c1-15(2)14(19)16-8-9-17(15)13(18)10-21-12-7-5-4-6-11(12)20-3/h4-7H,8-10H2,1-3H3,(H,16,19). The summed E-state index contributed by atoms with van der Waals surface area (Å²) in [6, 6.07) is 7.13. The molecule has 114 valence electrons. The Morgan fingerprint density at radius 1 is 1.33 bits per heavy atom. The van der Waals surface area contributed by atoms with Crippen molar-refractivity contribution in [3.05, 3.63) is 24.3 Å². The predicted octanol–water partition coefficient (Wildman–Crippen LogP) is 0.811. The van der Waals surface area contributed by atoms with Gasteiger partial charge in [-0.05, 0) is 26.0 Å². The number of methoxy groups -OCH3 is 1. The van der Waals surface area contributed by atoms with Crippen molar-refractivity contribution >= 4 is 11.8 Å². The molecule has 1 aliphatic rings. The first kappa shape index (κ1) is 15.2. The predicted molar refractivity (Wildman–Crippen MR) is 77.3 cm³/mol. The van der Waals surface area contributed by atoms with Crippen LogP contribution in [-0.2, 0) is 9.59 Å². The molecule has 21 heavy (non-hydrogen) atoms. The molecule has 1 aromatic rings. The van der Waals surface area contributed by atoms with Gasteiger partial charge in [0.2, 0.25) is 5.91 Å². The van der Waals surface area contributed by atoms with Gasteiger partial charge in [0.05, 0.1) is 7.11 Å². The number of nitrogens with zero attached hydrogens (tertiary/aromatic N) is 1. The maximum absolute atomic E-state index is 12.3. The van der Waals surface area contributed by atoms with E-state index < -0.39 is 5.54 Å². The molecule has 1 aromatic carbocycles. The van der Waals surface area contributed by atoms with E-state index in [1.54, 1.807) is 44.1 Å². The lowest BCUT2D eigenvalue weighted by Gasteiger charge is -2.41. The zero-order valence-electron chi connectivity index (χ0n) is 12.5. The van der Waals surface area contributed by atoms with Gasteiger partial charge in [0.25, 0.3) is 5.91 Å². The number of nitrogens with one attached hydrogen (secondary N) is 1. The number of carbonyl (C=O) groups excluding carboxylic acids is 2. The van der Waals surface area contributed by atoms with Gasteiger partial charge in [0, 0.05) is 13.1 Å². The van der Waals surface area contributed by atoms with E-state index in [0.29, 0.717) is 24.6 Å². The Labute approximate surface area is 124 Å². The third-order valence-corrected chi connectivity index (χ3v) is 3.57. The highest BCUT2D eigenvalue weighted by atomic mass is 16.5. The molecular formula is C15H20N2O4. The highest BCUT2D eigenvalue weighted by Crippen LogP contribution is 2.26. The quantitative estimate of drug-likeness (QED) is 0.892. The Kier molecular flexibility index (Phi) is 4.35. The number of benzene rings is 1. The highest BCUT2D eigenvalue weighted by molar-refractivity contribution is 5.92. The summed E-state index contributed by atoms with van der Waals surface area (Å²) < 4.78 is 10.7. The molecule has 1 N–H and O–H groups in total. The molecule has 1 saturated heterocycles. The van der Waals surface area contributed by atoms with Gasteiger partial charge in [0.15, 0.2) is 18.1 Å². The van der Waals surface area contributed by atoms with Crippen molar-refractivity contribution in [2.45, 2.75) is 19.4 Å². The van der Waals surface area contributed by atoms with Crippen molar-refractivity contribution in [3.63, 3.8) is 0 Å². The number of piperazine rings is 1. The minimum atomic E-state index is -0.862. The van der Waals surface area contributed by atoms with Crippen molar-refractivity contribution in [2.75, 3.05) is 26.8 Å². The van der Waals surface area contributed by atoms with E-state index in [4.69, 9.17) is 9.47 Å². The molecule has 2 rings (SSSR count). The largest absolute Gasteiger partial charge is 0.493 e. The Morgan fingerprint density at radius 2 is 2.00 bits per heavy atom. The first-order chi connectivity index (χ1) is 9.96. The van der Waals surface area contributed by atoms with Gasteiger partial charge in [-0.1, -0.05) is 12.1 Å². The molecule has 0 bridgehead atoms. The summed E-state index contributed by atoms with van der Waals surface area (Å²) in [6.45, 7) is 4.26. The minimum Gasteiger partial charge on any atom is -0.493 e. The highest BCUT2D eigenvalue weighted by Gasteiger charge is 2.40. The second-order valence-corrected chi connectivity index (χ2v) is 5.30. The Morgan fingerprint density at radius 3 is 2.67 bits per heavy atom. The maximum atomic E-state index is 12.3. The smallest absolute Gasteiger partial charge is 0.261 e.